The van der Waals surface area contributed by atoms with Gasteiger partial charge in [0.25, 0.3) is 0 Å². The largest absolute Gasteiger partial charge is 0.381 e. The van der Waals surface area contributed by atoms with E-state index in [-0.39, 0.29) is 5.60 Å². The van der Waals surface area contributed by atoms with Gasteiger partial charge in [-0.1, -0.05) is 19.8 Å². The van der Waals surface area contributed by atoms with Crippen LogP contribution in [0, 0.1) is 5.92 Å². The van der Waals surface area contributed by atoms with Crippen LogP contribution in [0.4, 0.5) is 0 Å². The summed E-state index contributed by atoms with van der Waals surface area (Å²) < 4.78 is 11.5. The van der Waals surface area contributed by atoms with Gasteiger partial charge in [0.05, 0.1) is 5.60 Å². The standard InChI is InChI=1S/C15H29NO2/c1-3-10-16-14(7-6-13-4-5-13)15(17-2)8-11-18-12-9-15/h13-14,16H,3-12H2,1-2H3. The molecule has 2 fully saturated rings. The fourth-order valence-corrected chi connectivity index (χ4v) is 3.09. The second-order valence-corrected chi connectivity index (χ2v) is 5.91. The molecule has 0 amide bonds. The Hall–Kier alpha value is -0.120. The van der Waals surface area contributed by atoms with Gasteiger partial charge in [0.15, 0.2) is 0 Å². The lowest BCUT2D eigenvalue weighted by molar-refractivity contribution is -0.112. The third-order valence-corrected chi connectivity index (χ3v) is 4.58. The molecule has 1 saturated heterocycles. The Bertz CT molecular complexity index is 235. The molecule has 3 nitrogen and oxygen atoms in total. The highest BCUT2D eigenvalue weighted by atomic mass is 16.5. The van der Waals surface area contributed by atoms with Crippen LogP contribution in [0.15, 0.2) is 0 Å². The molecule has 3 heteroatoms. The van der Waals surface area contributed by atoms with E-state index in [1.165, 1.54) is 32.1 Å². The molecule has 0 bridgehead atoms. The summed E-state index contributed by atoms with van der Waals surface area (Å²) in [5, 5.41) is 3.73. The fraction of sp³-hybridized carbons (Fsp3) is 1.00. The minimum Gasteiger partial charge on any atom is -0.381 e. The minimum absolute atomic E-state index is 0.0162. The zero-order chi connectivity index (χ0) is 12.8. The van der Waals surface area contributed by atoms with Gasteiger partial charge < -0.3 is 14.8 Å². The second kappa shape index (κ2) is 6.88. The van der Waals surface area contributed by atoms with Crippen LogP contribution in [0.2, 0.25) is 0 Å². The lowest BCUT2D eigenvalue weighted by Gasteiger charge is -2.43. The number of rotatable bonds is 8. The summed E-state index contributed by atoms with van der Waals surface area (Å²) in [5.41, 5.74) is 0.0162. The molecule has 1 N–H and O–H groups in total. The second-order valence-electron chi connectivity index (χ2n) is 5.91. The topological polar surface area (TPSA) is 30.5 Å². The Kier molecular flexibility index (Phi) is 5.46. The monoisotopic (exact) mass is 255 g/mol. The van der Waals surface area contributed by atoms with Gasteiger partial charge in [-0.3, -0.25) is 0 Å². The van der Waals surface area contributed by atoms with E-state index in [9.17, 15) is 0 Å². The van der Waals surface area contributed by atoms with E-state index in [4.69, 9.17) is 9.47 Å². The van der Waals surface area contributed by atoms with Crippen LogP contribution in [0.1, 0.15) is 51.9 Å². The van der Waals surface area contributed by atoms with Gasteiger partial charge in [0.1, 0.15) is 0 Å². The van der Waals surface area contributed by atoms with E-state index in [1.54, 1.807) is 0 Å². The number of hydrogen-bond acceptors (Lipinski definition) is 3. The smallest absolute Gasteiger partial charge is 0.0874 e. The molecule has 106 valence electrons. The molecule has 0 aromatic carbocycles. The Morgan fingerprint density at radius 3 is 2.61 bits per heavy atom. The number of hydrogen-bond donors (Lipinski definition) is 1. The third kappa shape index (κ3) is 3.69. The molecule has 1 aliphatic carbocycles. The fourth-order valence-electron chi connectivity index (χ4n) is 3.09. The first kappa shape index (κ1) is 14.3. The normalized spacial score (nSPS) is 25.0. The molecule has 0 radical (unpaired) electrons. The number of methoxy groups -OCH3 is 1. The molecule has 2 rings (SSSR count). The average molecular weight is 255 g/mol. The maximum Gasteiger partial charge on any atom is 0.0874 e. The van der Waals surface area contributed by atoms with Gasteiger partial charge >= 0.3 is 0 Å². The summed E-state index contributed by atoms with van der Waals surface area (Å²) in [6, 6.07) is 0.506. The molecular formula is C15H29NO2. The van der Waals surface area contributed by atoms with Gasteiger partial charge in [-0.05, 0) is 31.7 Å². The molecular weight excluding hydrogens is 226 g/mol. The van der Waals surface area contributed by atoms with Crippen molar-refractivity contribution in [1.82, 2.24) is 5.32 Å². The summed E-state index contributed by atoms with van der Waals surface area (Å²) >= 11 is 0. The van der Waals surface area contributed by atoms with Crippen LogP contribution >= 0.6 is 0 Å². The maximum absolute atomic E-state index is 5.95. The maximum atomic E-state index is 5.95. The van der Waals surface area contributed by atoms with Gasteiger partial charge in [-0.15, -0.1) is 0 Å². The minimum atomic E-state index is 0.0162. The van der Waals surface area contributed by atoms with Crippen molar-refractivity contribution in [3.8, 4) is 0 Å². The average Bonchev–Trinajstić information content (AvgIpc) is 3.24. The van der Waals surface area contributed by atoms with Crippen LogP contribution in [-0.4, -0.2) is 38.5 Å². The van der Waals surface area contributed by atoms with E-state index in [1.807, 2.05) is 7.11 Å². The third-order valence-electron chi connectivity index (χ3n) is 4.58. The van der Waals surface area contributed by atoms with E-state index < -0.39 is 0 Å². The summed E-state index contributed by atoms with van der Waals surface area (Å²) in [4.78, 5) is 0. The van der Waals surface area contributed by atoms with Crippen molar-refractivity contribution in [3.05, 3.63) is 0 Å². The van der Waals surface area contributed by atoms with Crippen molar-refractivity contribution in [1.29, 1.82) is 0 Å². The molecule has 1 aliphatic heterocycles. The first-order valence-electron chi connectivity index (χ1n) is 7.67. The predicted molar refractivity (Wildman–Crippen MR) is 73.8 cm³/mol. The Labute approximate surface area is 112 Å². The first-order chi connectivity index (χ1) is 8.80. The van der Waals surface area contributed by atoms with Crippen LogP contribution in [0.5, 0.6) is 0 Å². The van der Waals surface area contributed by atoms with E-state index >= 15 is 0 Å². The Morgan fingerprint density at radius 1 is 1.33 bits per heavy atom. The molecule has 1 saturated carbocycles. The van der Waals surface area contributed by atoms with E-state index in [2.05, 4.69) is 12.2 Å². The van der Waals surface area contributed by atoms with Gasteiger partial charge in [0.2, 0.25) is 0 Å². The van der Waals surface area contributed by atoms with Crippen LogP contribution < -0.4 is 5.32 Å². The number of ether oxygens (including phenoxy) is 2. The zero-order valence-corrected chi connectivity index (χ0v) is 12.0. The van der Waals surface area contributed by atoms with Gasteiger partial charge in [-0.2, -0.15) is 0 Å². The zero-order valence-electron chi connectivity index (χ0n) is 12.0. The van der Waals surface area contributed by atoms with Crippen molar-refractivity contribution in [2.24, 2.45) is 5.92 Å². The van der Waals surface area contributed by atoms with E-state index in [0.29, 0.717) is 6.04 Å². The van der Waals surface area contributed by atoms with E-state index in [0.717, 1.165) is 38.5 Å². The highest BCUT2D eigenvalue weighted by molar-refractivity contribution is 4.95. The molecule has 1 atom stereocenters. The quantitative estimate of drug-likeness (QED) is 0.723. The van der Waals surface area contributed by atoms with Crippen molar-refractivity contribution in [3.63, 3.8) is 0 Å². The molecule has 1 heterocycles. The van der Waals surface area contributed by atoms with Crippen molar-refractivity contribution in [2.75, 3.05) is 26.9 Å². The first-order valence-corrected chi connectivity index (χ1v) is 7.67. The summed E-state index contributed by atoms with van der Waals surface area (Å²) in [7, 11) is 1.88. The SMILES string of the molecule is CCCNC(CCC1CC1)C1(OC)CCOCC1. The van der Waals surface area contributed by atoms with Crippen molar-refractivity contribution >= 4 is 0 Å². The van der Waals surface area contributed by atoms with Crippen LogP contribution in [0.25, 0.3) is 0 Å². The highest BCUT2D eigenvalue weighted by Gasteiger charge is 2.40. The summed E-state index contributed by atoms with van der Waals surface area (Å²) in [5.74, 6) is 1.00. The summed E-state index contributed by atoms with van der Waals surface area (Å²) in [6.07, 6.45) is 8.79. The Balaban J connectivity index is 1.93. The number of nitrogens with one attached hydrogen (secondary N) is 1. The molecule has 0 spiro atoms. The van der Waals surface area contributed by atoms with Crippen molar-refractivity contribution in [2.45, 2.75) is 63.5 Å². The molecule has 2 aliphatic rings. The highest BCUT2D eigenvalue weighted by Crippen LogP contribution is 2.37. The lowest BCUT2D eigenvalue weighted by Crippen LogP contribution is -2.55. The molecule has 18 heavy (non-hydrogen) atoms. The molecule has 0 aromatic rings. The predicted octanol–water partition coefficient (Wildman–Crippen LogP) is 2.74. The molecule has 1 unspecified atom stereocenters. The lowest BCUT2D eigenvalue weighted by atomic mass is 9.83. The van der Waals surface area contributed by atoms with Crippen LogP contribution in [-0.2, 0) is 9.47 Å². The van der Waals surface area contributed by atoms with Gasteiger partial charge in [0, 0.05) is 39.2 Å². The molecule has 0 aromatic heterocycles. The van der Waals surface area contributed by atoms with Crippen LogP contribution in [0.3, 0.4) is 0 Å². The summed E-state index contributed by atoms with van der Waals surface area (Å²) in [6.45, 7) is 5.03. The Morgan fingerprint density at radius 2 is 2.06 bits per heavy atom. The van der Waals surface area contributed by atoms with Crippen molar-refractivity contribution < 1.29 is 9.47 Å². The van der Waals surface area contributed by atoms with Gasteiger partial charge in [-0.25, -0.2) is 0 Å².